The third-order valence-corrected chi connectivity index (χ3v) is 5.11. The number of carboxylic acid groups (broad SMARTS) is 1. The van der Waals surface area contributed by atoms with Crippen LogP contribution in [0.15, 0.2) is 48.5 Å². The molecule has 12 nitrogen and oxygen atoms in total. The summed E-state index contributed by atoms with van der Waals surface area (Å²) >= 11 is 0. The summed E-state index contributed by atoms with van der Waals surface area (Å²) in [5, 5.41) is 12.5. The zero-order valence-corrected chi connectivity index (χ0v) is 16.4. The molecule has 2 aromatic rings. The summed E-state index contributed by atoms with van der Waals surface area (Å²) in [4.78, 5) is 37.7. The maximum Gasteiger partial charge on any atom is 0.418 e. The number of benzene rings is 2. The Bertz CT molecular complexity index is 1170. The fourth-order valence-corrected chi connectivity index (χ4v) is 4.02. The molecule has 3 N–H and O–H groups in total. The first-order valence-corrected chi connectivity index (χ1v) is 10.2. The third kappa shape index (κ3) is 3.88. The molecule has 2 heterocycles. The lowest BCUT2D eigenvalue weighted by molar-refractivity contribution is -0.142. The molecule has 31 heavy (non-hydrogen) atoms. The fourth-order valence-electron chi connectivity index (χ4n) is 3.65. The molecule has 0 radical (unpaired) electrons. The highest BCUT2D eigenvalue weighted by Crippen LogP contribution is 2.47. The van der Waals surface area contributed by atoms with Crippen molar-refractivity contribution in [2.75, 3.05) is 11.9 Å². The van der Waals surface area contributed by atoms with Gasteiger partial charge in [-0.05, 0) is 23.8 Å². The van der Waals surface area contributed by atoms with Gasteiger partial charge in [-0.2, -0.15) is 13.5 Å². The number of hydroxylamine groups is 2. The minimum atomic E-state index is -5.09. The van der Waals surface area contributed by atoms with E-state index in [1.807, 2.05) is 0 Å². The number of fused-ring (bicyclic) bond motifs is 4. The van der Waals surface area contributed by atoms with E-state index in [-0.39, 0.29) is 23.4 Å². The number of para-hydroxylation sites is 1. The number of hydrogen-bond acceptors (Lipinski definition) is 7. The van der Waals surface area contributed by atoms with Crippen LogP contribution >= 0.6 is 0 Å². The van der Waals surface area contributed by atoms with Gasteiger partial charge in [-0.15, -0.1) is 4.28 Å². The molecule has 4 rings (SSSR count). The van der Waals surface area contributed by atoms with Crippen molar-refractivity contribution in [3.8, 4) is 5.75 Å². The second-order valence-corrected chi connectivity index (χ2v) is 7.66. The Labute approximate surface area is 175 Å². The van der Waals surface area contributed by atoms with Crippen molar-refractivity contribution in [1.82, 2.24) is 9.96 Å². The van der Waals surface area contributed by atoms with E-state index in [0.29, 0.717) is 10.8 Å². The van der Waals surface area contributed by atoms with E-state index >= 15 is 0 Å². The summed E-state index contributed by atoms with van der Waals surface area (Å²) in [7, 11) is -5.09. The lowest BCUT2D eigenvalue weighted by atomic mass is 9.90. The van der Waals surface area contributed by atoms with Crippen molar-refractivity contribution in [3.05, 3.63) is 59.7 Å². The van der Waals surface area contributed by atoms with Crippen molar-refractivity contribution in [2.24, 2.45) is 0 Å². The molecule has 162 valence electrons. The molecule has 2 aromatic carbocycles. The van der Waals surface area contributed by atoms with Crippen LogP contribution in [0.4, 0.5) is 15.3 Å². The molecule has 0 saturated carbocycles. The number of aliphatic carboxylic acids is 1. The number of ether oxygens (including phenoxy) is 1. The van der Waals surface area contributed by atoms with Crippen LogP contribution < -0.4 is 10.1 Å². The van der Waals surface area contributed by atoms with Crippen LogP contribution in [0.1, 0.15) is 23.2 Å². The molecular formula is C18H15N3O9S. The predicted octanol–water partition coefficient (Wildman–Crippen LogP) is 1.95. The largest absolute Gasteiger partial charge is 0.479 e. The Morgan fingerprint density at radius 3 is 2.45 bits per heavy atom. The number of nitrogens with one attached hydrogen (secondary N) is 1. The molecule has 2 unspecified atom stereocenters. The lowest BCUT2D eigenvalue weighted by Crippen LogP contribution is -2.38. The molecular weight excluding hydrogens is 434 g/mol. The Morgan fingerprint density at radius 2 is 1.81 bits per heavy atom. The number of urea groups is 1. The van der Waals surface area contributed by atoms with E-state index in [0.717, 1.165) is 4.90 Å². The van der Waals surface area contributed by atoms with Gasteiger partial charge in [0.25, 0.3) is 0 Å². The maximum absolute atomic E-state index is 12.6. The smallest absolute Gasteiger partial charge is 0.418 e. The van der Waals surface area contributed by atoms with E-state index < -0.39 is 40.6 Å². The average molecular weight is 449 g/mol. The summed E-state index contributed by atoms with van der Waals surface area (Å²) in [6.07, 6.45) is -0.888. The van der Waals surface area contributed by atoms with Crippen LogP contribution in [0, 0.1) is 0 Å². The van der Waals surface area contributed by atoms with Crippen LogP contribution in [0.5, 0.6) is 5.75 Å². The number of rotatable bonds is 5. The molecule has 1 fully saturated rings. The van der Waals surface area contributed by atoms with E-state index in [4.69, 9.17) is 9.29 Å². The molecule has 2 aliphatic rings. The van der Waals surface area contributed by atoms with Crippen LogP contribution in [0.2, 0.25) is 0 Å². The van der Waals surface area contributed by atoms with Gasteiger partial charge < -0.3 is 14.7 Å². The Balaban J connectivity index is 1.73. The number of carbonyl (C=O) groups excluding carboxylic acids is 2. The van der Waals surface area contributed by atoms with E-state index in [1.165, 1.54) is 18.2 Å². The number of hydrogen-bond donors (Lipinski definition) is 3. The van der Waals surface area contributed by atoms with Crippen molar-refractivity contribution >= 4 is 34.2 Å². The highest BCUT2D eigenvalue weighted by Gasteiger charge is 2.53. The second kappa shape index (κ2) is 7.54. The summed E-state index contributed by atoms with van der Waals surface area (Å²) < 4.78 is 41.2. The van der Waals surface area contributed by atoms with Gasteiger partial charge in [0.1, 0.15) is 11.8 Å². The van der Waals surface area contributed by atoms with Crippen molar-refractivity contribution < 1.29 is 41.5 Å². The molecule has 0 aliphatic carbocycles. The standard InChI is InChI=1S/C18H15N3O9S/c22-16(23)15-11-7-4-8-13(29-17(24)19-10-5-2-1-3-6-10)14(11)12-9-20(15)18(25)21(12)30-31(26,27)28/h1-8,12,15H,9H2,(H,19,24)(H,22,23)(H,26,27,28). The average Bonchev–Trinajstić information content (AvgIpc) is 2.94. The monoisotopic (exact) mass is 449 g/mol. The van der Waals surface area contributed by atoms with Crippen LogP contribution in [-0.4, -0.2) is 52.7 Å². The molecule has 0 spiro atoms. The number of anilines is 1. The highest BCUT2D eigenvalue weighted by atomic mass is 32.3. The van der Waals surface area contributed by atoms with Crippen molar-refractivity contribution in [2.45, 2.75) is 12.1 Å². The minimum Gasteiger partial charge on any atom is -0.479 e. The predicted molar refractivity (Wildman–Crippen MR) is 102 cm³/mol. The first kappa shape index (κ1) is 20.6. The molecule has 2 atom stereocenters. The Morgan fingerprint density at radius 1 is 1.10 bits per heavy atom. The van der Waals surface area contributed by atoms with Gasteiger partial charge in [0.05, 0.1) is 6.54 Å². The molecule has 0 aromatic heterocycles. The van der Waals surface area contributed by atoms with Crippen LogP contribution in [0.3, 0.4) is 0 Å². The first-order valence-electron chi connectivity index (χ1n) is 8.82. The van der Waals surface area contributed by atoms with Crippen LogP contribution in [0.25, 0.3) is 0 Å². The van der Waals surface area contributed by atoms with Gasteiger partial charge in [-0.3, -0.25) is 9.87 Å². The molecule has 2 bridgehead atoms. The van der Waals surface area contributed by atoms with Gasteiger partial charge in [0, 0.05) is 11.3 Å². The maximum atomic E-state index is 12.6. The zero-order chi connectivity index (χ0) is 22.3. The van der Waals surface area contributed by atoms with E-state index in [9.17, 15) is 27.9 Å². The first-order chi connectivity index (χ1) is 14.7. The third-order valence-electron chi connectivity index (χ3n) is 4.76. The number of nitrogens with zero attached hydrogens (tertiary/aromatic N) is 2. The highest BCUT2D eigenvalue weighted by molar-refractivity contribution is 7.80. The minimum absolute atomic E-state index is 0.0730. The number of carbonyl (C=O) groups is 3. The zero-order valence-electron chi connectivity index (χ0n) is 15.5. The molecule has 13 heteroatoms. The SMILES string of the molecule is O=C(Nc1ccccc1)Oc1cccc2c1C1CN(C(=O)N1OS(=O)(=O)O)C2C(=O)O. The van der Waals surface area contributed by atoms with Gasteiger partial charge >= 0.3 is 28.5 Å². The van der Waals surface area contributed by atoms with Gasteiger partial charge in [-0.1, -0.05) is 30.3 Å². The van der Waals surface area contributed by atoms with Crippen molar-refractivity contribution in [3.63, 3.8) is 0 Å². The molecule has 2 aliphatic heterocycles. The number of amides is 3. The molecule has 1 saturated heterocycles. The van der Waals surface area contributed by atoms with Crippen molar-refractivity contribution in [1.29, 1.82) is 0 Å². The topological polar surface area (TPSA) is 163 Å². The summed E-state index contributed by atoms with van der Waals surface area (Å²) in [6.45, 7) is -0.265. The fraction of sp³-hybridized carbons (Fsp3) is 0.167. The Kier molecular flexibility index (Phi) is 5.00. The quantitative estimate of drug-likeness (QED) is 0.579. The van der Waals surface area contributed by atoms with E-state index in [2.05, 4.69) is 9.60 Å². The normalized spacial score (nSPS) is 19.7. The van der Waals surface area contributed by atoms with E-state index in [1.54, 1.807) is 30.3 Å². The van der Waals surface area contributed by atoms with Gasteiger partial charge in [0.2, 0.25) is 0 Å². The van der Waals surface area contributed by atoms with Gasteiger partial charge in [0.15, 0.2) is 6.04 Å². The summed E-state index contributed by atoms with van der Waals surface area (Å²) in [5.41, 5.74) is 0.631. The number of carboxylic acids is 1. The second-order valence-electron chi connectivity index (χ2n) is 6.66. The Hall–Kier alpha value is -3.68. The van der Waals surface area contributed by atoms with Gasteiger partial charge in [-0.25, -0.2) is 14.4 Å². The molecule has 3 amide bonds. The lowest BCUT2D eigenvalue weighted by Gasteiger charge is -2.31. The van der Waals surface area contributed by atoms with Crippen LogP contribution in [-0.2, 0) is 19.5 Å². The summed E-state index contributed by atoms with van der Waals surface area (Å²) in [5.74, 6) is -1.48. The summed E-state index contributed by atoms with van der Waals surface area (Å²) in [6, 6.07) is 8.90.